The standard InChI is InChI=1S/C28H51NO20/c30-10-13-16(33)19(36)22(39)25(47-13)44-7-1-4-28(29(42)43,5-2-8-45-26-23(40)20(37)17(34)14(11-31)48-26)6-3-9-46-27-24(41)21(38)18(35)15(12-32)49-27/h13-27,30-41H,1-12H2/t13-,14-,15-,16-,17-,18-,19+,20+,21+,22+,23+,24+,25+,26+,27+/m1/s1. The fourth-order valence-electron chi connectivity index (χ4n) is 6.07. The average molecular weight is 722 g/mol. The van der Waals surface area contributed by atoms with Crippen LogP contribution in [-0.4, -0.2) is 203 Å². The van der Waals surface area contributed by atoms with Gasteiger partial charge >= 0.3 is 0 Å². The van der Waals surface area contributed by atoms with Crippen LogP contribution >= 0.6 is 0 Å². The molecule has 0 aromatic heterocycles. The summed E-state index contributed by atoms with van der Waals surface area (Å²) in [6, 6.07) is 0. The molecule has 0 radical (unpaired) electrons. The normalized spacial score (nSPS) is 40.4. The number of nitrogens with zero attached hydrogens (tertiary/aromatic N) is 1. The SMILES string of the molecule is O=[N+]([O-])C(CCCO[C@H]1O[C@H](CO)[C@@H](O)[C@H](O)[C@@H]1O)(CCCO[C@H]1O[C@H](CO)[C@@H](O)[C@H](O)[C@@H]1O)CCCO[C@H]1O[C@H](CO)[C@@H](O)[C@H](O)[C@@H]1O. The lowest BCUT2D eigenvalue weighted by Crippen LogP contribution is -2.59. The Labute approximate surface area is 280 Å². The predicted octanol–water partition coefficient (Wildman–Crippen LogP) is -6.21. The minimum Gasteiger partial charge on any atom is -0.394 e. The highest BCUT2D eigenvalue weighted by Gasteiger charge is 2.47. The van der Waals surface area contributed by atoms with Gasteiger partial charge in [0, 0.05) is 24.2 Å². The van der Waals surface area contributed by atoms with Crippen molar-refractivity contribution < 1.29 is 94.6 Å². The number of hydrogen-bond acceptors (Lipinski definition) is 20. The molecule has 3 heterocycles. The summed E-state index contributed by atoms with van der Waals surface area (Å²) >= 11 is 0. The van der Waals surface area contributed by atoms with E-state index in [0.29, 0.717) is 0 Å². The van der Waals surface area contributed by atoms with Crippen molar-refractivity contribution in [2.24, 2.45) is 0 Å². The van der Waals surface area contributed by atoms with E-state index >= 15 is 0 Å². The van der Waals surface area contributed by atoms with Crippen LogP contribution < -0.4 is 0 Å². The maximum atomic E-state index is 12.6. The van der Waals surface area contributed by atoms with Crippen molar-refractivity contribution in [3.63, 3.8) is 0 Å². The molecule has 3 rings (SSSR count). The van der Waals surface area contributed by atoms with Crippen molar-refractivity contribution in [3.05, 3.63) is 10.1 Å². The molecule has 0 aliphatic carbocycles. The second-order valence-corrected chi connectivity index (χ2v) is 12.5. The van der Waals surface area contributed by atoms with Gasteiger partial charge in [0.15, 0.2) is 18.9 Å². The summed E-state index contributed by atoms with van der Waals surface area (Å²) in [6.07, 6.45) is -23.1. The molecule has 3 aliphatic rings. The quantitative estimate of drug-likeness (QED) is 0.0335. The van der Waals surface area contributed by atoms with Crippen LogP contribution in [0.5, 0.6) is 0 Å². The highest BCUT2D eigenvalue weighted by Crippen LogP contribution is 2.31. The molecule has 0 aromatic rings. The van der Waals surface area contributed by atoms with Gasteiger partial charge in [-0.25, -0.2) is 0 Å². The summed E-state index contributed by atoms with van der Waals surface area (Å²) in [4.78, 5) is 12.1. The van der Waals surface area contributed by atoms with Crippen LogP contribution in [-0.2, 0) is 28.4 Å². The van der Waals surface area contributed by atoms with Gasteiger partial charge < -0.3 is 89.7 Å². The molecule has 3 saturated heterocycles. The monoisotopic (exact) mass is 721 g/mol. The molecule has 0 amide bonds. The molecule has 15 atom stereocenters. The number of aliphatic hydroxyl groups excluding tert-OH is 12. The molecule has 21 nitrogen and oxygen atoms in total. The molecular weight excluding hydrogens is 670 g/mol. The van der Waals surface area contributed by atoms with E-state index < -0.39 is 122 Å². The van der Waals surface area contributed by atoms with Crippen molar-refractivity contribution in [3.8, 4) is 0 Å². The first kappa shape index (κ1) is 42.1. The van der Waals surface area contributed by atoms with Crippen molar-refractivity contribution in [2.45, 2.75) is 136 Å². The average Bonchev–Trinajstić information content (AvgIpc) is 3.09. The second-order valence-electron chi connectivity index (χ2n) is 12.5. The predicted molar refractivity (Wildman–Crippen MR) is 157 cm³/mol. The Morgan fingerprint density at radius 3 is 0.980 bits per heavy atom. The number of aliphatic hydroxyl groups is 12. The van der Waals surface area contributed by atoms with E-state index in [1.165, 1.54) is 0 Å². The zero-order valence-corrected chi connectivity index (χ0v) is 26.7. The van der Waals surface area contributed by atoms with E-state index in [9.17, 15) is 71.4 Å². The van der Waals surface area contributed by atoms with Gasteiger partial charge in [-0.15, -0.1) is 0 Å². The number of rotatable bonds is 19. The fraction of sp³-hybridized carbons (Fsp3) is 1.00. The zero-order valence-electron chi connectivity index (χ0n) is 26.7. The molecule has 12 N–H and O–H groups in total. The largest absolute Gasteiger partial charge is 0.394 e. The van der Waals surface area contributed by atoms with E-state index in [0.717, 1.165) is 0 Å². The topological polar surface area (TPSA) is 341 Å². The Bertz CT molecular complexity index is 869. The molecular formula is C28H51NO20. The van der Waals surface area contributed by atoms with Gasteiger partial charge in [-0.05, 0) is 19.3 Å². The molecule has 0 spiro atoms. The smallest absolute Gasteiger partial charge is 0.222 e. The number of ether oxygens (including phenoxy) is 6. The molecule has 0 bridgehead atoms. The third-order valence-electron chi connectivity index (χ3n) is 9.14. The van der Waals surface area contributed by atoms with Crippen LogP contribution in [0, 0.1) is 10.1 Å². The van der Waals surface area contributed by atoms with E-state index in [-0.39, 0.29) is 58.3 Å². The number of hydrogen-bond donors (Lipinski definition) is 12. The van der Waals surface area contributed by atoms with Crippen molar-refractivity contribution in [1.29, 1.82) is 0 Å². The van der Waals surface area contributed by atoms with Crippen molar-refractivity contribution in [1.82, 2.24) is 0 Å². The third-order valence-corrected chi connectivity index (χ3v) is 9.14. The van der Waals surface area contributed by atoms with E-state index in [1.54, 1.807) is 0 Å². The Morgan fingerprint density at radius 1 is 0.490 bits per heavy atom. The molecule has 0 unspecified atom stereocenters. The van der Waals surface area contributed by atoms with Crippen LogP contribution in [0.4, 0.5) is 0 Å². The van der Waals surface area contributed by atoms with Gasteiger partial charge in [-0.1, -0.05) is 0 Å². The fourth-order valence-corrected chi connectivity index (χ4v) is 6.07. The van der Waals surface area contributed by atoms with Crippen LogP contribution in [0.2, 0.25) is 0 Å². The Hall–Kier alpha value is -1.32. The molecule has 21 heteroatoms. The van der Waals surface area contributed by atoms with Crippen molar-refractivity contribution in [2.75, 3.05) is 39.6 Å². The summed E-state index contributed by atoms with van der Waals surface area (Å²) in [5, 5.41) is 131. The van der Waals surface area contributed by atoms with E-state index in [2.05, 4.69) is 0 Å². The lowest BCUT2D eigenvalue weighted by Gasteiger charge is -2.40. The van der Waals surface area contributed by atoms with Crippen LogP contribution in [0.15, 0.2) is 0 Å². The maximum Gasteiger partial charge on any atom is 0.222 e. The first-order valence-corrected chi connectivity index (χ1v) is 16.1. The Balaban J connectivity index is 1.62. The summed E-state index contributed by atoms with van der Waals surface area (Å²) in [6.45, 7) is -2.65. The molecule has 0 aromatic carbocycles. The highest BCUT2D eigenvalue weighted by molar-refractivity contribution is 4.91. The number of nitro groups is 1. The minimum atomic E-state index is -1.68. The molecule has 3 aliphatic heterocycles. The molecule has 0 saturated carbocycles. The zero-order chi connectivity index (χ0) is 36.5. The van der Waals surface area contributed by atoms with E-state index in [1.807, 2.05) is 0 Å². The van der Waals surface area contributed by atoms with Gasteiger partial charge in [0.05, 0.1) is 39.6 Å². The first-order chi connectivity index (χ1) is 23.2. The van der Waals surface area contributed by atoms with Crippen LogP contribution in [0.3, 0.4) is 0 Å². The van der Waals surface area contributed by atoms with E-state index in [4.69, 9.17) is 28.4 Å². The van der Waals surface area contributed by atoms with Gasteiger partial charge in [0.1, 0.15) is 73.2 Å². The summed E-state index contributed by atoms with van der Waals surface area (Å²) < 4.78 is 32.4. The summed E-state index contributed by atoms with van der Waals surface area (Å²) in [5.74, 6) is 0. The highest BCUT2D eigenvalue weighted by atomic mass is 16.7. The van der Waals surface area contributed by atoms with Crippen LogP contribution in [0.1, 0.15) is 38.5 Å². The van der Waals surface area contributed by atoms with Crippen molar-refractivity contribution >= 4 is 0 Å². The lowest BCUT2D eigenvalue weighted by atomic mass is 9.84. The Morgan fingerprint density at radius 2 is 0.755 bits per heavy atom. The Kier molecular flexibility index (Phi) is 16.8. The van der Waals surface area contributed by atoms with Gasteiger partial charge in [-0.3, -0.25) is 10.1 Å². The molecule has 288 valence electrons. The molecule has 49 heavy (non-hydrogen) atoms. The second kappa shape index (κ2) is 19.5. The van der Waals surface area contributed by atoms with Gasteiger partial charge in [0.2, 0.25) is 5.54 Å². The minimum absolute atomic E-state index is 0.0249. The van der Waals surface area contributed by atoms with Crippen LogP contribution in [0.25, 0.3) is 0 Å². The van der Waals surface area contributed by atoms with Gasteiger partial charge in [0.25, 0.3) is 0 Å². The summed E-state index contributed by atoms with van der Waals surface area (Å²) in [7, 11) is 0. The maximum absolute atomic E-state index is 12.6. The lowest BCUT2D eigenvalue weighted by molar-refractivity contribution is -0.574. The summed E-state index contributed by atoms with van der Waals surface area (Å²) in [5.41, 5.74) is -1.66. The van der Waals surface area contributed by atoms with Gasteiger partial charge in [-0.2, -0.15) is 0 Å². The first-order valence-electron chi connectivity index (χ1n) is 16.1. The third kappa shape index (κ3) is 10.4. The molecule has 3 fully saturated rings.